The van der Waals surface area contributed by atoms with Gasteiger partial charge in [-0.15, -0.1) is 0 Å². The number of hydrogen-bond donors (Lipinski definition) is 0. The van der Waals surface area contributed by atoms with Gasteiger partial charge in [0.15, 0.2) is 0 Å². The van der Waals surface area contributed by atoms with Crippen LogP contribution in [0.5, 0.6) is 0 Å². The summed E-state index contributed by atoms with van der Waals surface area (Å²) in [6.45, 7) is 11.0. The summed E-state index contributed by atoms with van der Waals surface area (Å²) in [6.07, 6.45) is 1.19. The zero-order chi connectivity index (χ0) is 31.4. The van der Waals surface area contributed by atoms with E-state index in [9.17, 15) is 0 Å². The molecule has 3 heterocycles. The molecule has 162 valence electrons. The number of hydrogen-bond acceptors (Lipinski definition) is 3. The lowest BCUT2D eigenvalue weighted by Gasteiger charge is -2.23. The van der Waals surface area contributed by atoms with E-state index in [1.165, 1.54) is 15.5 Å². The SMILES string of the molecule is [2H]c1c([2H])c([2H])c2c(c1[2H])c([2H])c(C(C)(C)C)n2-c1ncnc(-n2c(C(C)(C)C)c([2H])c3c([2H])c([2H])c([2H])c([2H])c32)n1. The molecule has 5 heteroatoms. The lowest BCUT2D eigenvalue weighted by Crippen LogP contribution is -2.20. The maximum absolute atomic E-state index is 8.96. The maximum atomic E-state index is 8.96. The highest BCUT2D eigenvalue weighted by Crippen LogP contribution is 2.33. The van der Waals surface area contributed by atoms with Crippen molar-refractivity contribution in [2.45, 2.75) is 52.4 Å². The molecule has 5 rings (SSSR count). The minimum atomic E-state index is -0.726. The lowest BCUT2D eigenvalue weighted by atomic mass is 9.92. The quantitative estimate of drug-likeness (QED) is 0.326. The summed E-state index contributed by atoms with van der Waals surface area (Å²) >= 11 is 0. The van der Waals surface area contributed by atoms with E-state index in [2.05, 4.69) is 15.0 Å². The van der Waals surface area contributed by atoms with Gasteiger partial charge in [-0.1, -0.05) is 77.8 Å². The van der Waals surface area contributed by atoms with Gasteiger partial charge in [0.25, 0.3) is 0 Å². The van der Waals surface area contributed by atoms with Crippen LogP contribution in [0.4, 0.5) is 0 Å². The summed E-state index contributed by atoms with van der Waals surface area (Å²) < 4.78 is 88.1. The van der Waals surface area contributed by atoms with E-state index < -0.39 is 35.0 Å². The number of aromatic nitrogens is 5. The molecule has 0 fully saturated rings. The molecule has 0 saturated carbocycles. The van der Waals surface area contributed by atoms with Crippen molar-refractivity contribution >= 4 is 21.8 Å². The summed E-state index contributed by atoms with van der Waals surface area (Å²) in [7, 11) is 0. The predicted octanol–water partition coefficient (Wildman–Crippen LogP) is 6.35. The standard InChI is InChI=1S/C27H29N5/c1-26(2,3)22-15-18-11-7-9-13-20(18)31(22)24-28-17-29-25(30-24)32-21-14-10-8-12-19(21)16-23(32)27(4,5)6/h7-17H,1-6H3/i7D,8D,9D,10D,11D,12D,13D,14D,15D,16D. The highest BCUT2D eigenvalue weighted by Gasteiger charge is 2.25. The Labute approximate surface area is 202 Å². The second kappa shape index (κ2) is 7.02. The van der Waals surface area contributed by atoms with Crippen LogP contribution in [0.2, 0.25) is 0 Å². The van der Waals surface area contributed by atoms with Crippen LogP contribution in [0.15, 0.2) is 66.8 Å². The van der Waals surface area contributed by atoms with E-state index >= 15 is 0 Å². The van der Waals surface area contributed by atoms with Gasteiger partial charge in [0.2, 0.25) is 11.9 Å². The zero-order valence-corrected chi connectivity index (χ0v) is 18.8. The van der Waals surface area contributed by atoms with Gasteiger partial charge in [-0.2, -0.15) is 4.98 Å². The lowest BCUT2D eigenvalue weighted by molar-refractivity contribution is 0.550. The van der Waals surface area contributed by atoms with Gasteiger partial charge in [-0.3, -0.25) is 9.13 Å². The molecule has 0 N–H and O–H groups in total. The number of benzene rings is 2. The summed E-state index contributed by atoms with van der Waals surface area (Å²) in [5.41, 5.74) is -0.697. The third-order valence-electron chi connectivity index (χ3n) is 5.08. The molecule has 3 aromatic heterocycles. The molecule has 0 saturated heterocycles. The van der Waals surface area contributed by atoms with Gasteiger partial charge >= 0.3 is 0 Å². The van der Waals surface area contributed by atoms with Crippen LogP contribution in [0.1, 0.15) is 66.6 Å². The molecule has 0 aliphatic rings. The van der Waals surface area contributed by atoms with E-state index in [4.69, 9.17) is 13.7 Å². The van der Waals surface area contributed by atoms with Crippen molar-refractivity contribution in [2.24, 2.45) is 0 Å². The Balaban J connectivity index is 1.97. The van der Waals surface area contributed by atoms with E-state index in [1.54, 1.807) is 0 Å². The Morgan fingerprint density at radius 3 is 1.47 bits per heavy atom. The van der Waals surface area contributed by atoms with Crippen molar-refractivity contribution in [2.75, 3.05) is 0 Å². The van der Waals surface area contributed by atoms with Gasteiger partial charge in [-0.25, -0.2) is 9.97 Å². The first-order valence-electron chi connectivity index (χ1n) is 15.3. The number of nitrogens with zero attached hydrogens (tertiary/aromatic N) is 5. The first-order valence-corrected chi connectivity index (χ1v) is 10.3. The van der Waals surface area contributed by atoms with Crippen molar-refractivity contribution in [3.63, 3.8) is 0 Å². The number of fused-ring (bicyclic) bond motifs is 2. The molecule has 5 aromatic rings. The predicted molar refractivity (Wildman–Crippen MR) is 131 cm³/mol. The molecule has 0 radical (unpaired) electrons. The van der Waals surface area contributed by atoms with Crippen LogP contribution in [-0.4, -0.2) is 24.1 Å². The van der Waals surface area contributed by atoms with Gasteiger partial charge in [-0.05, 0) is 24.2 Å². The van der Waals surface area contributed by atoms with E-state index in [-0.39, 0.29) is 70.0 Å². The van der Waals surface area contributed by atoms with Crippen LogP contribution in [0.25, 0.3) is 33.7 Å². The Morgan fingerprint density at radius 2 is 1.06 bits per heavy atom. The Kier molecular flexibility index (Phi) is 2.62. The van der Waals surface area contributed by atoms with Crippen molar-refractivity contribution < 1.29 is 13.7 Å². The van der Waals surface area contributed by atoms with Crippen LogP contribution in [0.3, 0.4) is 0 Å². The Hall–Kier alpha value is -3.47. The second-order valence-electron chi connectivity index (χ2n) is 9.65. The van der Waals surface area contributed by atoms with Crippen molar-refractivity contribution in [1.82, 2.24) is 24.1 Å². The molecule has 2 aromatic carbocycles. The van der Waals surface area contributed by atoms with Crippen LogP contribution < -0.4 is 0 Å². The van der Waals surface area contributed by atoms with E-state index in [1.807, 2.05) is 41.5 Å². The topological polar surface area (TPSA) is 48.5 Å². The van der Waals surface area contributed by atoms with Crippen molar-refractivity contribution in [1.29, 1.82) is 0 Å². The van der Waals surface area contributed by atoms with Crippen molar-refractivity contribution in [3.8, 4) is 11.9 Å². The van der Waals surface area contributed by atoms with Gasteiger partial charge in [0.05, 0.1) is 24.7 Å². The normalized spacial score (nSPS) is 17.1. The number of para-hydroxylation sites is 2. The molecule has 0 spiro atoms. The first-order chi connectivity index (χ1) is 19.3. The molecular formula is C27H29N5. The molecule has 0 atom stereocenters. The third-order valence-corrected chi connectivity index (χ3v) is 5.08. The van der Waals surface area contributed by atoms with E-state index in [0.29, 0.717) is 11.4 Å². The monoisotopic (exact) mass is 433 g/mol. The average Bonchev–Trinajstić information content (AvgIpc) is 3.40. The minimum Gasteiger partial charge on any atom is -0.282 e. The molecule has 0 aliphatic carbocycles. The fraction of sp³-hybridized carbons (Fsp3) is 0.296. The highest BCUT2D eigenvalue weighted by atomic mass is 15.3. The molecule has 0 amide bonds. The molecule has 5 nitrogen and oxygen atoms in total. The molecule has 0 bridgehead atoms. The minimum absolute atomic E-state index is 0.0252. The third kappa shape index (κ3) is 3.29. The molecule has 0 aliphatic heterocycles. The summed E-state index contributed by atoms with van der Waals surface area (Å²) in [6, 6.07) is -3.45. The van der Waals surface area contributed by atoms with Crippen molar-refractivity contribution in [3.05, 3.63) is 78.1 Å². The molecule has 0 unspecified atom stereocenters. The molecule has 32 heavy (non-hydrogen) atoms. The summed E-state index contributed by atoms with van der Waals surface area (Å²) in [5, 5.41) is 0.0504. The second-order valence-corrected chi connectivity index (χ2v) is 9.65. The number of rotatable bonds is 2. The van der Waals surface area contributed by atoms with Gasteiger partial charge in [0.1, 0.15) is 6.33 Å². The maximum Gasteiger partial charge on any atom is 0.239 e. The highest BCUT2D eigenvalue weighted by molar-refractivity contribution is 5.84. The van der Waals surface area contributed by atoms with Crippen LogP contribution >= 0.6 is 0 Å². The van der Waals surface area contributed by atoms with E-state index in [0.717, 1.165) is 0 Å². The van der Waals surface area contributed by atoms with Crippen LogP contribution in [-0.2, 0) is 10.8 Å². The average molecular weight is 434 g/mol. The smallest absolute Gasteiger partial charge is 0.239 e. The fourth-order valence-electron chi connectivity index (χ4n) is 3.64. The summed E-state index contributed by atoms with van der Waals surface area (Å²) in [4.78, 5) is 13.3. The van der Waals surface area contributed by atoms with Crippen LogP contribution in [0, 0.1) is 0 Å². The molecular weight excluding hydrogens is 394 g/mol. The van der Waals surface area contributed by atoms with Gasteiger partial charge < -0.3 is 0 Å². The van der Waals surface area contributed by atoms with Gasteiger partial charge in [0, 0.05) is 33.0 Å². The summed E-state index contributed by atoms with van der Waals surface area (Å²) in [5.74, 6) is -0.0972. The Morgan fingerprint density at radius 1 is 0.656 bits per heavy atom. The zero-order valence-electron chi connectivity index (χ0n) is 28.8. The Bertz CT molecular complexity index is 1820. The first kappa shape index (κ1) is 12.0. The largest absolute Gasteiger partial charge is 0.282 e. The fourth-order valence-corrected chi connectivity index (χ4v) is 3.64.